The summed E-state index contributed by atoms with van der Waals surface area (Å²) in [4.78, 5) is 27.9. The molecule has 5 nitrogen and oxygen atoms in total. The van der Waals surface area contributed by atoms with Crippen molar-refractivity contribution < 1.29 is 9.59 Å². The van der Waals surface area contributed by atoms with E-state index in [4.69, 9.17) is 11.6 Å². The van der Waals surface area contributed by atoms with Crippen LogP contribution in [-0.4, -0.2) is 41.0 Å². The highest BCUT2D eigenvalue weighted by molar-refractivity contribution is 6.30. The van der Waals surface area contributed by atoms with Gasteiger partial charge in [-0.3, -0.25) is 9.69 Å². The molecule has 3 rings (SSSR count). The van der Waals surface area contributed by atoms with Crippen molar-refractivity contribution in [3.63, 3.8) is 0 Å². The summed E-state index contributed by atoms with van der Waals surface area (Å²) in [6.07, 6.45) is 2.02. The van der Waals surface area contributed by atoms with E-state index in [-0.39, 0.29) is 24.5 Å². The molecule has 0 radical (unpaired) electrons. The Bertz CT molecular complexity index is 600. The highest BCUT2D eigenvalue weighted by atomic mass is 35.5. The number of hydrogen-bond acceptors (Lipinski definition) is 3. The highest BCUT2D eigenvalue weighted by Gasteiger charge is 2.55. The number of carbonyl (C=O) groups is 2. The zero-order chi connectivity index (χ0) is 15.9. The molecule has 1 atom stereocenters. The Morgan fingerprint density at radius 1 is 1.32 bits per heavy atom. The van der Waals surface area contributed by atoms with E-state index < -0.39 is 5.54 Å². The van der Waals surface area contributed by atoms with Gasteiger partial charge in [0.25, 0.3) is 5.91 Å². The van der Waals surface area contributed by atoms with Crippen LogP contribution in [0.3, 0.4) is 0 Å². The number of carbonyl (C=O) groups excluding carboxylic acids is 2. The van der Waals surface area contributed by atoms with Crippen LogP contribution in [0.2, 0.25) is 5.02 Å². The third-order valence-corrected chi connectivity index (χ3v) is 4.70. The Hall–Kier alpha value is -1.59. The van der Waals surface area contributed by atoms with E-state index >= 15 is 0 Å². The van der Waals surface area contributed by atoms with E-state index in [9.17, 15) is 9.59 Å². The van der Waals surface area contributed by atoms with Gasteiger partial charge in [0.05, 0.1) is 6.67 Å². The van der Waals surface area contributed by atoms with Gasteiger partial charge in [-0.2, -0.15) is 0 Å². The number of urea groups is 1. The van der Waals surface area contributed by atoms with Gasteiger partial charge in [-0.1, -0.05) is 23.7 Å². The molecule has 2 fully saturated rings. The number of benzene rings is 1. The van der Waals surface area contributed by atoms with Crippen molar-refractivity contribution in [3.8, 4) is 0 Å². The second kappa shape index (κ2) is 5.56. The van der Waals surface area contributed by atoms with Crippen molar-refractivity contribution in [1.82, 2.24) is 15.1 Å². The van der Waals surface area contributed by atoms with Crippen LogP contribution in [0, 0.1) is 5.92 Å². The largest absolute Gasteiger partial charge is 0.326 e. The van der Waals surface area contributed by atoms with Gasteiger partial charge in [0.2, 0.25) is 0 Å². The Morgan fingerprint density at radius 2 is 1.95 bits per heavy atom. The molecular formula is C16H20ClN3O2. The van der Waals surface area contributed by atoms with Crippen molar-refractivity contribution in [1.29, 1.82) is 0 Å². The third-order valence-electron chi connectivity index (χ3n) is 4.44. The van der Waals surface area contributed by atoms with E-state index in [2.05, 4.69) is 5.32 Å². The van der Waals surface area contributed by atoms with Gasteiger partial charge in [0.1, 0.15) is 5.54 Å². The first-order valence-electron chi connectivity index (χ1n) is 7.47. The zero-order valence-corrected chi connectivity index (χ0v) is 13.6. The average Bonchev–Trinajstić information content (AvgIpc) is 3.28. The molecule has 1 heterocycles. The summed E-state index contributed by atoms with van der Waals surface area (Å²) >= 11 is 5.87. The minimum Gasteiger partial charge on any atom is -0.323 e. The molecule has 2 aliphatic rings. The highest BCUT2D eigenvalue weighted by Crippen LogP contribution is 2.42. The maximum atomic E-state index is 12.6. The summed E-state index contributed by atoms with van der Waals surface area (Å²) in [5.74, 6) is 0.179. The number of amides is 3. The Balaban J connectivity index is 1.63. The van der Waals surface area contributed by atoms with E-state index in [0.717, 1.165) is 18.4 Å². The number of nitrogens with zero attached hydrogens (tertiary/aromatic N) is 2. The van der Waals surface area contributed by atoms with E-state index in [1.807, 2.05) is 43.1 Å². The second-order valence-electron chi connectivity index (χ2n) is 6.42. The molecule has 1 aliphatic heterocycles. The molecule has 1 N–H and O–H groups in total. The van der Waals surface area contributed by atoms with Crippen LogP contribution in [0.5, 0.6) is 0 Å². The van der Waals surface area contributed by atoms with Gasteiger partial charge < -0.3 is 5.32 Å². The van der Waals surface area contributed by atoms with Crippen LogP contribution in [0.15, 0.2) is 24.3 Å². The predicted molar refractivity (Wildman–Crippen MR) is 84.3 cm³/mol. The van der Waals surface area contributed by atoms with E-state index in [1.54, 1.807) is 0 Å². The number of hydrogen-bond donors (Lipinski definition) is 1. The summed E-state index contributed by atoms with van der Waals surface area (Å²) in [5.41, 5.74) is 0.377. The quantitative estimate of drug-likeness (QED) is 0.848. The summed E-state index contributed by atoms with van der Waals surface area (Å²) in [5, 5.41) is 3.56. The van der Waals surface area contributed by atoms with Crippen LogP contribution in [-0.2, 0) is 11.3 Å². The summed E-state index contributed by atoms with van der Waals surface area (Å²) in [7, 11) is 1.89. The van der Waals surface area contributed by atoms with Gasteiger partial charge in [-0.15, -0.1) is 0 Å². The molecule has 22 heavy (non-hydrogen) atoms. The Kier molecular flexibility index (Phi) is 3.87. The standard InChI is InChI=1S/C16H20ClN3O2/c1-16(12-5-6-12)14(21)20(15(22)18-16)10-19(2)9-11-3-7-13(17)8-4-11/h3-4,7-8,12H,5-6,9-10H2,1-2H3,(H,18,22). The molecule has 1 unspecified atom stereocenters. The van der Waals surface area contributed by atoms with Crippen LogP contribution < -0.4 is 5.32 Å². The Morgan fingerprint density at radius 3 is 2.55 bits per heavy atom. The average molecular weight is 322 g/mol. The molecule has 0 bridgehead atoms. The van der Waals surface area contributed by atoms with Gasteiger partial charge in [-0.05, 0) is 50.4 Å². The lowest BCUT2D eigenvalue weighted by Crippen LogP contribution is -2.46. The lowest BCUT2D eigenvalue weighted by molar-refractivity contribution is -0.132. The molecule has 6 heteroatoms. The first kappa shape index (κ1) is 15.3. The molecule has 1 saturated heterocycles. The minimum atomic E-state index is -0.710. The van der Waals surface area contributed by atoms with Gasteiger partial charge in [-0.25, -0.2) is 9.69 Å². The van der Waals surface area contributed by atoms with E-state index in [0.29, 0.717) is 11.6 Å². The van der Waals surface area contributed by atoms with Gasteiger partial charge in [0, 0.05) is 11.6 Å². The summed E-state index contributed by atoms with van der Waals surface area (Å²) < 4.78 is 0. The van der Waals surface area contributed by atoms with Crippen molar-refractivity contribution in [2.75, 3.05) is 13.7 Å². The van der Waals surface area contributed by atoms with Crippen molar-refractivity contribution >= 4 is 23.5 Å². The summed E-state index contributed by atoms with van der Waals surface area (Å²) in [6, 6.07) is 7.27. The zero-order valence-electron chi connectivity index (χ0n) is 12.8. The molecule has 1 aliphatic carbocycles. The number of rotatable bonds is 5. The third kappa shape index (κ3) is 2.83. The SMILES string of the molecule is CN(Cc1ccc(Cl)cc1)CN1C(=O)NC(C)(C2CC2)C1=O. The maximum absolute atomic E-state index is 12.6. The minimum absolute atomic E-state index is 0.108. The normalized spacial score (nSPS) is 25.0. The molecule has 0 aromatic heterocycles. The van der Waals surface area contributed by atoms with Crippen LogP contribution in [0.1, 0.15) is 25.3 Å². The van der Waals surface area contributed by atoms with E-state index in [1.165, 1.54) is 4.90 Å². The number of imide groups is 1. The molecule has 3 amide bonds. The fourth-order valence-corrected chi connectivity index (χ4v) is 3.10. The number of halogens is 1. The molecule has 0 spiro atoms. The molecule has 1 aromatic rings. The number of nitrogens with one attached hydrogen (secondary N) is 1. The first-order valence-corrected chi connectivity index (χ1v) is 7.85. The monoisotopic (exact) mass is 321 g/mol. The summed E-state index contributed by atoms with van der Waals surface area (Å²) in [6.45, 7) is 2.77. The fourth-order valence-electron chi connectivity index (χ4n) is 2.97. The van der Waals surface area contributed by atoms with Crippen molar-refractivity contribution in [2.45, 2.75) is 31.8 Å². The first-order chi connectivity index (χ1) is 10.4. The van der Waals surface area contributed by atoms with Gasteiger partial charge >= 0.3 is 6.03 Å². The smallest absolute Gasteiger partial charge is 0.323 e. The lowest BCUT2D eigenvalue weighted by atomic mass is 9.96. The second-order valence-corrected chi connectivity index (χ2v) is 6.86. The van der Waals surface area contributed by atoms with Crippen molar-refractivity contribution in [2.24, 2.45) is 5.92 Å². The fraction of sp³-hybridized carbons (Fsp3) is 0.500. The molecule has 1 aromatic carbocycles. The van der Waals surface area contributed by atoms with Crippen LogP contribution >= 0.6 is 11.6 Å². The Labute approximate surface area is 135 Å². The molecular weight excluding hydrogens is 302 g/mol. The van der Waals surface area contributed by atoms with Crippen LogP contribution in [0.25, 0.3) is 0 Å². The van der Waals surface area contributed by atoms with Gasteiger partial charge in [0.15, 0.2) is 0 Å². The van der Waals surface area contributed by atoms with Crippen LogP contribution in [0.4, 0.5) is 4.79 Å². The maximum Gasteiger partial charge on any atom is 0.326 e. The topological polar surface area (TPSA) is 52.6 Å². The molecule has 118 valence electrons. The van der Waals surface area contributed by atoms with Crippen molar-refractivity contribution in [3.05, 3.63) is 34.9 Å². The predicted octanol–water partition coefficient (Wildman–Crippen LogP) is 2.45. The lowest BCUT2D eigenvalue weighted by Gasteiger charge is -2.24. The molecule has 1 saturated carbocycles.